The number of likely N-dealkylation sites (N-methyl/N-ethyl adjacent to an activating group) is 1. The number of carbonyl (C=O) groups excluding carboxylic acids is 4. The molecule has 0 radical (unpaired) electrons. The Hall–Kier alpha value is -4.92. The lowest BCUT2D eigenvalue weighted by molar-refractivity contribution is -0.161. The minimum absolute atomic E-state index is 0.0976. The van der Waals surface area contributed by atoms with Crippen LogP contribution >= 0.6 is 0 Å². The van der Waals surface area contributed by atoms with Gasteiger partial charge in [0.25, 0.3) is 0 Å². The maximum Gasteiger partial charge on any atom is 0.407 e. The van der Waals surface area contributed by atoms with Crippen LogP contribution in [0.4, 0.5) is 4.79 Å². The lowest BCUT2D eigenvalue weighted by Crippen LogP contribution is -2.47. The van der Waals surface area contributed by atoms with Crippen LogP contribution in [0.1, 0.15) is 75.7 Å². The number of hydrogen-bond acceptors (Lipinski definition) is 7. The second-order valence-corrected chi connectivity index (χ2v) is 13.4. The van der Waals surface area contributed by atoms with Gasteiger partial charge in [-0.3, -0.25) is 9.59 Å². The van der Waals surface area contributed by atoms with Crippen molar-refractivity contribution in [2.75, 3.05) is 13.7 Å². The fraction of sp³-hybridized carbons (Fsp3) is 0.385. The second kappa shape index (κ2) is 14.9. The highest BCUT2D eigenvalue weighted by Crippen LogP contribution is 2.44. The Kier molecular flexibility index (Phi) is 10.7. The number of nitrogens with one attached hydrogen (secondary N) is 1. The Morgan fingerprint density at radius 2 is 1.46 bits per heavy atom. The van der Waals surface area contributed by atoms with E-state index in [1.165, 1.54) is 4.90 Å². The van der Waals surface area contributed by atoms with Gasteiger partial charge in [0, 0.05) is 13.0 Å². The molecule has 0 fully saturated rings. The summed E-state index contributed by atoms with van der Waals surface area (Å²) in [6.07, 6.45) is 2.13. The number of rotatable bonds is 6. The van der Waals surface area contributed by atoms with Gasteiger partial charge in [0.05, 0.1) is 18.4 Å². The quantitative estimate of drug-likeness (QED) is 0.179. The lowest BCUT2D eigenvalue weighted by Gasteiger charge is -2.35. The molecule has 48 heavy (non-hydrogen) atoms. The van der Waals surface area contributed by atoms with Crippen LogP contribution in [0.15, 0.2) is 91.0 Å². The molecule has 1 aliphatic heterocycles. The maximum absolute atomic E-state index is 13.7. The van der Waals surface area contributed by atoms with Crippen molar-refractivity contribution in [2.24, 2.45) is 5.92 Å². The standard InChI is InChI=1S/C39H44N2O7/c1-25-35(26-15-7-6-8-16-26)47-37(44)33(22-14-9-17-27(36(43)41(25)5)23-34(42)48-39(2,3)4)40-38(45)46-24-32-30-20-12-10-18-28(30)29-19-11-13-21-31(29)32/h6-16,18-21,25,27,32-33,35H,17,22-24H2,1-5H3,(H,40,45)/b14-9-/t25-,27-,33-,35-/m0/s1. The van der Waals surface area contributed by atoms with E-state index in [4.69, 9.17) is 14.2 Å². The van der Waals surface area contributed by atoms with Crippen molar-refractivity contribution in [3.05, 3.63) is 108 Å². The number of alkyl carbamates (subject to hydrolysis) is 1. The number of cyclic esters (lactones) is 1. The van der Waals surface area contributed by atoms with Gasteiger partial charge < -0.3 is 24.4 Å². The van der Waals surface area contributed by atoms with Crippen molar-refractivity contribution in [1.82, 2.24) is 10.2 Å². The van der Waals surface area contributed by atoms with Crippen molar-refractivity contribution in [2.45, 2.75) is 76.7 Å². The molecule has 9 heteroatoms. The van der Waals surface area contributed by atoms with Crippen LogP contribution in [0, 0.1) is 5.92 Å². The first-order valence-corrected chi connectivity index (χ1v) is 16.4. The number of ether oxygens (including phenoxy) is 3. The van der Waals surface area contributed by atoms with Crippen LogP contribution in [0.5, 0.6) is 0 Å². The van der Waals surface area contributed by atoms with Crippen LogP contribution in [-0.4, -0.2) is 60.2 Å². The minimum atomic E-state index is -1.06. The zero-order valence-corrected chi connectivity index (χ0v) is 28.2. The van der Waals surface area contributed by atoms with E-state index in [9.17, 15) is 19.2 Å². The number of benzene rings is 3. The Bertz CT molecular complexity index is 1620. The summed E-state index contributed by atoms with van der Waals surface area (Å²) in [5, 5.41) is 2.73. The van der Waals surface area contributed by atoms with E-state index < -0.39 is 47.7 Å². The van der Waals surface area contributed by atoms with Crippen LogP contribution < -0.4 is 5.32 Å². The summed E-state index contributed by atoms with van der Waals surface area (Å²) < 4.78 is 17.3. The Balaban J connectivity index is 1.35. The molecule has 0 saturated heterocycles. The molecular weight excluding hydrogens is 608 g/mol. The molecule has 3 aromatic carbocycles. The fourth-order valence-electron chi connectivity index (χ4n) is 6.33. The largest absolute Gasteiger partial charge is 0.460 e. The summed E-state index contributed by atoms with van der Waals surface area (Å²) in [4.78, 5) is 55.0. The highest BCUT2D eigenvalue weighted by atomic mass is 16.6. The van der Waals surface area contributed by atoms with Crippen LogP contribution in [0.25, 0.3) is 11.1 Å². The van der Waals surface area contributed by atoms with E-state index in [1.807, 2.05) is 66.7 Å². The van der Waals surface area contributed by atoms with Crippen LogP contribution in [0.2, 0.25) is 0 Å². The number of esters is 2. The molecule has 3 aromatic rings. The van der Waals surface area contributed by atoms with E-state index in [0.29, 0.717) is 5.56 Å². The molecule has 9 nitrogen and oxygen atoms in total. The number of hydrogen-bond donors (Lipinski definition) is 1. The van der Waals surface area contributed by atoms with Crippen LogP contribution in [0.3, 0.4) is 0 Å². The summed E-state index contributed by atoms with van der Waals surface area (Å²) in [7, 11) is 1.64. The molecule has 1 aliphatic carbocycles. The zero-order chi connectivity index (χ0) is 34.4. The normalized spacial score (nSPS) is 22.3. The summed E-state index contributed by atoms with van der Waals surface area (Å²) >= 11 is 0. The molecule has 2 amide bonds. The number of nitrogens with zero attached hydrogens (tertiary/aromatic N) is 1. The summed E-state index contributed by atoms with van der Waals surface area (Å²) in [5.41, 5.74) is 4.40. The molecule has 0 spiro atoms. The Morgan fingerprint density at radius 1 is 0.875 bits per heavy atom. The molecule has 4 atom stereocenters. The fourth-order valence-corrected chi connectivity index (χ4v) is 6.33. The van der Waals surface area contributed by atoms with Gasteiger partial charge in [0.2, 0.25) is 5.91 Å². The summed E-state index contributed by atoms with van der Waals surface area (Å²) in [5.74, 6) is -2.21. The van der Waals surface area contributed by atoms with Gasteiger partial charge in [0.1, 0.15) is 24.4 Å². The second-order valence-electron chi connectivity index (χ2n) is 13.4. The third-order valence-electron chi connectivity index (χ3n) is 8.83. The first-order valence-electron chi connectivity index (χ1n) is 16.4. The smallest absolute Gasteiger partial charge is 0.407 e. The molecule has 0 unspecified atom stereocenters. The van der Waals surface area contributed by atoms with Gasteiger partial charge in [0.15, 0.2) is 0 Å². The highest BCUT2D eigenvalue weighted by molar-refractivity contribution is 5.85. The van der Waals surface area contributed by atoms with Gasteiger partial charge in [-0.1, -0.05) is 91.0 Å². The summed E-state index contributed by atoms with van der Waals surface area (Å²) in [6, 6.07) is 23.6. The molecule has 1 N–H and O–H groups in total. The third-order valence-corrected chi connectivity index (χ3v) is 8.83. The van der Waals surface area contributed by atoms with Crippen LogP contribution in [-0.2, 0) is 28.6 Å². The van der Waals surface area contributed by atoms with Crippen molar-refractivity contribution >= 4 is 23.9 Å². The Labute approximate surface area is 282 Å². The van der Waals surface area contributed by atoms with E-state index in [1.54, 1.807) is 46.9 Å². The first-order chi connectivity index (χ1) is 22.9. The third kappa shape index (κ3) is 8.13. The predicted molar refractivity (Wildman–Crippen MR) is 182 cm³/mol. The average Bonchev–Trinajstić information content (AvgIpc) is 3.38. The zero-order valence-electron chi connectivity index (χ0n) is 28.2. The van der Waals surface area contributed by atoms with Crippen molar-refractivity contribution in [3.63, 3.8) is 0 Å². The molecule has 0 saturated carbocycles. The van der Waals surface area contributed by atoms with E-state index in [-0.39, 0.29) is 37.7 Å². The van der Waals surface area contributed by atoms with Gasteiger partial charge in [-0.15, -0.1) is 0 Å². The number of fused-ring (bicyclic) bond motifs is 3. The van der Waals surface area contributed by atoms with E-state index in [2.05, 4.69) is 17.4 Å². The number of carbonyl (C=O) groups is 4. The summed E-state index contributed by atoms with van der Waals surface area (Å²) in [6.45, 7) is 7.24. The van der Waals surface area contributed by atoms with Gasteiger partial charge in [-0.2, -0.15) is 0 Å². The first kappa shape index (κ1) is 34.4. The van der Waals surface area contributed by atoms with Gasteiger partial charge in [-0.25, -0.2) is 9.59 Å². The van der Waals surface area contributed by atoms with Gasteiger partial charge in [-0.05, 0) is 68.4 Å². The molecule has 1 heterocycles. The molecule has 0 bridgehead atoms. The van der Waals surface area contributed by atoms with Crippen molar-refractivity contribution in [1.29, 1.82) is 0 Å². The van der Waals surface area contributed by atoms with Crippen molar-refractivity contribution < 1.29 is 33.4 Å². The van der Waals surface area contributed by atoms with E-state index >= 15 is 0 Å². The SMILES string of the molecule is C[C@H]1[C@@H](c2ccccc2)OC(=O)[C@@H](NC(=O)OCC2c3ccccc3-c3ccccc32)C/C=C\C[C@@H](CC(=O)OC(C)(C)C)C(=O)N1C. The van der Waals surface area contributed by atoms with Crippen molar-refractivity contribution in [3.8, 4) is 11.1 Å². The highest BCUT2D eigenvalue weighted by Gasteiger charge is 2.36. The molecule has 252 valence electrons. The number of allylic oxidation sites excluding steroid dienone is 1. The topological polar surface area (TPSA) is 111 Å². The number of amides is 2. The molecule has 0 aromatic heterocycles. The molecular formula is C39H44N2O7. The van der Waals surface area contributed by atoms with E-state index in [0.717, 1.165) is 22.3 Å². The minimum Gasteiger partial charge on any atom is -0.460 e. The predicted octanol–water partition coefficient (Wildman–Crippen LogP) is 6.72. The maximum atomic E-state index is 13.7. The monoisotopic (exact) mass is 652 g/mol. The molecule has 5 rings (SSSR count). The molecule has 2 aliphatic rings. The Morgan fingerprint density at radius 3 is 2.08 bits per heavy atom. The lowest BCUT2D eigenvalue weighted by atomic mass is 9.95. The average molecular weight is 653 g/mol. The van der Waals surface area contributed by atoms with Gasteiger partial charge >= 0.3 is 18.0 Å².